The van der Waals surface area contributed by atoms with Crippen molar-refractivity contribution in [2.45, 2.75) is 12.8 Å². The zero-order chi connectivity index (χ0) is 9.23. The third kappa shape index (κ3) is 13.4. The largest absolute Gasteiger partial charge is 0.329 e. The van der Waals surface area contributed by atoms with Gasteiger partial charge in [-0.25, -0.2) is 0 Å². The molecule has 0 unspecified atom stereocenters. The van der Waals surface area contributed by atoms with Gasteiger partial charge >= 0.3 is 8.25 Å². The van der Waals surface area contributed by atoms with Gasteiger partial charge in [-0.15, -0.1) is 0 Å². The third-order valence-corrected chi connectivity index (χ3v) is 2.02. The van der Waals surface area contributed by atoms with Crippen LogP contribution in [0.15, 0.2) is 0 Å². The third-order valence-electron chi connectivity index (χ3n) is 1.15. The summed E-state index contributed by atoms with van der Waals surface area (Å²) in [6.45, 7) is 2.38. The molecule has 1 aliphatic rings. The molecule has 1 aliphatic heterocycles. The first-order valence-corrected chi connectivity index (χ1v) is 5.23. The molecule has 7 heteroatoms. The molecule has 1 rings (SSSR count). The van der Waals surface area contributed by atoms with E-state index in [1.54, 1.807) is 0 Å². The molecule has 1 heterocycles. The van der Waals surface area contributed by atoms with E-state index >= 15 is 0 Å². The Labute approximate surface area is 113 Å². The Morgan fingerprint density at radius 3 is 1.77 bits per heavy atom. The van der Waals surface area contributed by atoms with Crippen molar-refractivity contribution in [2.24, 2.45) is 11.5 Å². The topological polar surface area (TPSA) is 87.6 Å². The fourth-order valence-corrected chi connectivity index (χ4v) is 1.26. The monoisotopic (exact) mass is 336 g/mol. The van der Waals surface area contributed by atoms with Gasteiger partial charge in [0.25, 0.3) is 0 Å². The van der Waals surface area contributed by atoms with Gasteiger partial charge in [-0.05, 0) is 12.8 Å². The summed E-state index contributed by atoms with van der Waals surface area (Å²) in [5.41, 5.74) is 9.81. The zero-order valence-electron chi connectivity index (χ0n) is 7.62. The molecule has 0 aromatic rings. The van der Waals surface area contributed by atoms with Gasteiger partial charge in [0.1, 0.15) is 0 Å². The second kappa shape index (κ2) is 13.4. The molecule has 0 aromatic carbocycles. The molecule has 1 saturated heterocycles. The standard InChI is InChI=1S/C4H9O3P.C2H8N2.Ce/c5-8-6-3-1-2-4-7-8;3-1-2-4;/h8H,1-4H2;1-4H2;. The van der Waals surface area contributed by atoms with Crippen LogP contribution < -0.4 is 11.5 Å². The Morgan fingerprint density at radius 1 is 1.08 bits per heavy atom. The fourth-order valence-electron chi connectivity index (χ4n) is 0.557. The Balaban J connectivity index is 0. The van der Waals surface area contributed by atoms with Crippen LogP contribution >= 0.6 is 8.25 Å². The molecule has 0 spiro atoms. The van der Waals surface area contributed by atoms with Crippen LogP contribution in [0.4, 0.5) is 0 Å². The molecule has 0 atom stereocenters. The average Bonchev–Trinajstić information content (AvgIpc) is 2.33. The molecule has 0 amide bonds. The van der Waals surface area contributed by atoms with Gasteiger partial charge in [-0.2, -0.15) is 0 Å². The maximum atomic E-state index is 10.4. The molecular formula is C6H17CeN2O3P. The van der Waals surface area contributed by atoms with Crippen molar-refractivity contribution in [1.29, 1.82) is 0 Å². The van der Waals surface area contributed by atoms with Crippen molar-refractivity contribution in [1.82, 2.24) is 0 Å². The van der Waals surface area contributed by atoms with Crippen molar-refractivity contribution in [3.8, 4) is 0 Å². The van der Waals surface area contributed by atoms with E-state index in [1.807, 2.05) is 0 Å². The Hall–Kier alpha value is 1.45. The summed E-state index contributed by atoms with van der Waals surface area (Å²) in [5.74, 6) is 0. The second-order valence-corrected chi connectivity index (χ2v) is 3.31. The Morgan fingerprint density at radius 2 is 1.46 bits per heavy atom. The van der Waals surface area contributed by atoms with Crippen LogP contribution in [0.1, 0.15) is 12.8 Å². The van der Waals surface area contributed by atoms with E-state index in [-0.39, 0.29) is 41.7 Å². The normalized spacial score (nSPS) is 17.7. The summed E-state index contributed by atoms with van der Waals surface area (Å²) in [4.78, 5) is 0. The fraction of sp³-hybridized carbons (Fsp3) is 1.00. The van der Waals surface area contributed by atoms with Crippen molar-refractivity contribution in [2.75, 3.05) is 26.3 Å². The minimum atomic E-state index is -2.08. The van der Waals surface area contributed by atoms with Crippen LogP contribution in [0.3, 0.4) is 0 Å². The maximum absolute atomic E-state index is 10.4. The second-order valence-electron chi connectivity index (χ2n) is 2.23. The van der Waals surface area contributed by atoms with Gasteiger partial charge in [-0.1, -0.05) is 0 Å². The van der Waals surface area contributed by atoms with Crippen molar-refractivity contribution < 1.29 is 55.4 Å². The summed E-state index contributed by atoms with van der Waals surface area (Å²) >= 11 is 0. The van der Waals surface area contributed by atoms with E-state index in [2.05, 4.69) is 0 Å². The first kappa shape index (κ1) is 16.9. The molecule has 0 bridgehead atoms. The van der Waals surface area contributed by atoms with Crippen LogP contribution in [0.2, 0.25) is 0 Å². The molecule has 13 heavy (non-hydrogen) atoms. The molecule has 78 valence electrons. The van der Waals surface area contributed by atoms with Gasteiger partial charge in [0.15, 0.2) is 0 Å². The smallest absolute Gasteiger partial charge is 0.319 e. The van der Waals surface area contributed by atoms with Crippen molar-refractivity contribution >= 4 is 8.25 Å². The van der Waals surface area contributed by atoms with E-state index in [9.17, 15) is 4.57 Å². The molecule has 0 saturated carbocycles. The van der Waals surface area contributed by atoms with E-state index < -0.39 is 8.25 Å². The quantitative estimate of drug-likeness (QED) is 0.664. The summed E-state index contributed by atoms with van der Waals surface area (Å²) in [5, 5.41) is 0. The van der Waals surface area contributed by atoms with E-state index in [4.69, 9.17) is 20.5 Å². The van der Waals surface area contributed by atoms with Gasteiger partial charge in [0.2, 0.25) is 0 Å². The summed E-state index contributed by atoms with van der Waals surface area (Å²) in [6.07, 6.45) is 1.94. The van der Waals surface area contributed by atoms with E-state index in [1.165, 1.54) is 0 Å². The van der Waals surface area contributed by atoms with Crippen LogP contribution in [0.5, 0.6) is 0 Å². The average molecular weight is 336 g/mol. The van der Waals surface area contributed by atoms with Gasteiger partial charge in [0.05, 0.1) is 13.2 Å². The summed E-state index contributed by atoms with van der Waals surface area (Å²) in [7, 11) is -2.08. The van der Waals surface area contributed by atoms with Crippen LogP contribution in [0, 0.1) is 41.7 Å². The van der Waals surface area contributed by atoms with Crippen LogP contribution in [0.25, 0.3) is 0 Å². The first-order valence-electron chi connectivity index (χ1n) is 4.01. The Bertz CT molecular complexity index is 116. The minimum absolute atomic E-state index is 0. The number of nitrogens with two attached hydrogens (primary N) is 2. The maximum Gasteiger partial charge on any atom is 0.319 e. The number of hydrogen-bond donors (Lipinski definition) is 2. The van der Waals surface area contributed by atoms with Gasteiger partial charge in [0, 0.05) is 54.8 Å². The van der Waals surface area contributed by atoms with Crippen molar-refractivity contribution in [3.63, 3.8) is 0 Å². The molecular weight excluding hydrogens is 319 g/mol. The molecule has 0 radical (unpaired) electrons. The molecule has 1 fully saturated rings. The van der Waals surface area contributed by atoms with E-state index in [0.717, 1.165) is 12.8 Å². The minimum Gasteiger partial charge on any atom is -0.329 e. The predicted molar refractivity (Wildman–Crippen MR) is 48.2 cm³/mol. The number of rotatable bonds is 1. The number of hydrogen-bond acceptors (Lipinski definition) is 5. The molecule has 0 aliphatic carbocycles. The van der Waals surface area contributed by atoms with E-state index in [0.29, 0.717) is 26.3 Å². The Kier molecular flexibility index (Phi) is 17.4. The van der Waals surface area contributed by atoms with Crippen LogP contribution in [-0.2, 0) is 13.6 Å². The summed E-state index contributed by atoms with van der Waals surface area (Å²) < 4.78 is 19.9. The van der Waals surface area contributed by atoms with Gasteiger partial charge in [-0.3, -0.25) is 4.57 Å². The van der Waals surface area contributed by atoms with Crippen molar-refractivity contribution in [3.05, 3.63) is 0 Å². The molecule has 4 N–H and O–H groups in total. The summed E-state index contributed by atoms with van der Waals surface area (Å²) in [6, 6.07) is 0. The first-order chi connectivity index (χ1) is 5.81. The predicted octanol–water partition coefficient (Wildman–Crippen LogP) is 0.107. The zero-order valence-corrected chi connectivity index (χ0v) is 11.8. The molecule has 5 nitrogen and oxygen atoms in total. The SMILES string of the molecule is NCCN.O=[PH]1OCCCCO1.[Ce]. The molecule has 0 aromatic heterocycles. The van der Waals surface area contributed by atoms with Gasteiger partial charge < -0.3 is 20.5 Å². The van der Waals surface area contributed by atoms with Crippen LogP contribution in [-0.4, -0.2) is 26.3 Å².